The van der Waals surface area contributed by atoms with Crippen molar-refractivity contribution in [3.05, 3.63) is 29.1 Å². The van der Waals surface area contributed by atoms with Crippen LogP contribution in [0.4, 0.5) is 4.39 Å². The standard InChI is InChI=1S/C11H13FO2/c1-3-4-8-5-6-9(7-13)11(14-2)10(8)12/h5-7H,3-4H2,1-2H3. The molecule has 0 saturated carbocycles. The van der Waals surface area contributed by atoms with E-state index in [1.165, 1.54) is 7.11 Å². The fourth-order valence-corrected chi connectivity index (χ4v) is 1.37. The van der Waals surface area contributed by atoms with Crippen molar-refractivity contribution < 1.29 is 13.9 Å². The van der Waals surface area contributed by atoms with E-state index in [9.17, 15) is 9.18 Å². The minimum Gasteiger partial charge on any atom is -0.493 e. The maximum absolute atomic E-state index is 13.6. The van der Waals surface area contributed by atoms with Crippen molar-refractivity contribution in [3.63, 3.8) is 0 Å². The fraction of sp³-hybridized carbons (Fsp3) is 0.364. The van der Waals surface area contributed by atoms with Gasteiger partial charge in [0.05, 0.1) is 12.7 Å². The molecule has 0 unspecified atom stereocenters. The lowest BCUT2D eigenvalue weighted by Gasteiger charge is -2.08. The molecule has 2 nitrogen and oxygen atoms in total. The van der Waals surface area contributed by atoms with E-state index in [2.05, 4.69) is 0 Å². The van der Waals surface area contributed by atoms with Gasteiger partial charge in [0, 0.05) is 0 Å². The van der Waals surface area contributed by atoms with Gasteiger partial charge in [0.1, 0.15) is 0 Å². The molecule has 14 heavy (non-hydrogen) atoms. The summed E-state index contributed by atoms with van der Waals surface area (Å²) in [7, 11) is 1.36. The molecular weight excluding hydrogens is 183 g/mol. The average molecular weight is 196 g/mol. The Morgan fingerprint density at radius 3 is 2.71 bits per heavy atom. The number of carbonyl (C=O) groups is 1. The number of hydrogen-bond acceptors (Lipinski definition) is 2. The van der Waals surface area contributed by atoms with Gasteiger partial charge in [0.25, 0.3) is 0 Å². The van der Waals surface area contributed by atoms with Crippen LogP contribution in [0.25, 0.3) is 0 Å². The largest absolute Gasteiger partial charge is 0.493 e. The maximum Gasteiger partial charge on any atom is 0.168 e. The fourth-order valence-electron chi connectivity index (χ4n) is 1.37. The minimum absolute atomic E-state index is 0.0472. The van der Waals surface area contributed by atoms with Gasteiger partial charge in [-0.25, -0.2) is 4.39 Å². The van der Waals surface area contributed by atoms with Crippen LogP contribution in [-0.4, -0.2) is 13.4 Å². The van der Waals surface area contributed by atoms with E-state index in [1.807, 2.05) is 6.92 Å². The Balaban J connectivity index is 3.20. The molecule has 0 spiro atoms. The lowest BCUT2D eigenvalue weighted by molar-refractivity contribution is 0.111. The molecule has 0 aliphatic heterocycles. The highest BCUT2D eigenvalue weighted by molar-refractivity contribution is 5.79. The highest BCUT2D eigenvalue weighted by atomic mass is 19.1. The van der Waals surface area contributed by atoms with Crippen LogP contribution in [0.5, 0.6) is 5.75 Å². The summed E-state index contributed by atoms with van der Waals surface area (Å²) in [6.45, 7) is 1.97. The van der Waals surface area contributed by atoms with Gasteiger partial charge < -0.3 is 4.74 Å². The Labute approximate surface area is 82.7 Å². The zero-order valence-corrected chi connectivity index (χ0v) is 8.34. The second-order valence-corrected chi connectivity index (χ2v) is 3.03. The predicted octanol–water partition coefficient (Wildman–Crippen LogP) is 2.60. The van der Waals surface area contributed by atoms with Crippen molar-refractivity contribution in [2.45, 2.75) is 19.8 Å². The molecule has 1 aromatic carbocycles. The third kappa shape index (κ3) is 1.92. The summed E-state index contributed by atoms with van der Waals surface area (Å²) < 4.78 is 18.5. The van der Waals surface area contributed by atoms with Crippen LogP contribution in [-0.2, 0) is 6.42 Å². The molecule has 0 heterocycles. The van der Waals surface area contributed by atoms with Crippen LogP contribution < -0.4 is 4.74 Å². The molecule has 0 fully saturated rings. The smallest absolute Gasteiger partial charge is 0.168 e. The number of aldehydes is 1. The summed E-state index contributed by atoms with van der Waals surface area (Å²) in [6, 6.07) is 3.21. The van der Waals surface area contributed by atoms with Crippen LogP contribution in [0.15, 0.2) is 12.1 Å². The first-order valence-corrected chi connectivity index (χ1v) is 4.55. The predicted molar refractivity (Wildman–Crippen MR) is 52.3 cm³/mol. The van der Waals surface area contributed by atoms with Crippen LogP contribution in [0.1, 0.15) is 29.3 Å². The molecule has 1 rings (SSSR count). The Hall–Kier alpha value is -1.38. The Morgan fingerprint density at radius 1 is 1.50 bits per heavy atom. The highest BCUT2D eigenvalue weighted by Gasteiger charge is 2.12. The van der Waals surface area contributed by atoms with Crippen molar-refractivity contribution in [1.82, 2.24) is 0 Å². The molecule has 0 atom stereocenters. The van der Waals surface area contributed by atoms with Gasteiger partial charge in [-0.2, -0.15) is 0 Å². The Morgan fingerprint density at radius 2 is 2.21 bits per heavy atom. The molecule has 3 heteroatoms. The molecule has 0 aliphatic carbocycles. The number of halogens is 1. The zero-order chi connectivity index (χ0) is 10.6. The Bertz CT molecular complexity index is 334. The number of ether oxygens (including phenoxy) is 1. The van der Waals surface area contributed by atoms with Crippen LogP contribution in [0, 0.1) is 5.82 Å². The quantitative estimate of drug-likeness (QED) is 0.692. The summed E-state index contributed by atoms with van der Waals surface area (Å²) in [4.78, 5) is 10.6. The Kier molecular flexibility index (Phi) is 3.63. The van der Waals surface area contributed by atoms with E-state index in [-0.39, 0.29) is 11.3 Å². The number of hydrogen-bond donors (Lipinski definition) is 0. The first-order chi connectivity index (χ1) is 6.74. The lowest BCUT2D eigenvalue weighted by Crippen LogP contribution is -1.99. The normalized spacial score (nSPS) is 9.93. The number of carbonyl (C=O) groups excluding carboxylic acids is 1. The van der Waals surface area contributed by atoms with E-state index in [0.717, 1.165) is 6.42 Å². The molecule has 0 aliphatic rings. The van der Waals surface area contributed by atoms with Gasteiger partial charge in [0.15, 0.2) is 17.9 Å². The molecular formula is C11H13FO2. The number of rotatable bonds is 4. The summed E-state index contributed by atoms with van der Waals surface area (Å²) in [6.07, 6.45) is 2.11. The summed E-state index contributed by atoms with van der Waals surface area (Å²) >= 11 is 0. The molecule has 0 N–H and O–H groups in total. The average Bonchev–Trinajstić information content (AvgIpc) is 2.21. The van der Waals surface area contributed by atoms with E-state index < -0.39 is 5.82 Å². The number of methoxy groups -OCH3 is 1. The third-order valence-corrected chi connectivity index (χ3v) is 2.06. The zero-order valence-electron chi connectivity index (χ0n) is 8.34. The highest BCUT2D eigenvalue weighted by Crippen LogP contribution is 2.25. The van der Waals surface area contributed by atoms with Crippen molar-refractivity contribution in [2.75, 3.05) is 7.11 Å². The molecule has 0 saturated heterocycles. The second-order valence-electron chi connectivity index (χ2n) is 3.03. The van der Waals surface area contributed by atoms with Gasteiger partial charge in [-0.15, -0.1) is 0 Å². The topological polar surface area (TPSA) is 26.3 Å². The maximum atomic E-state index is 13.6. The lowest BCUT2D eigenvalue weighted by atomic mass is 10.1. The van der Waals surface area contributed by atoms with Crippen molar-refractivity contribution in [2.24, 2.45) is 0 Å². The molecule has 76 valence electrons. The van der Waals surface area contributed by atoms with Gasteiger partial charge in [-0.05, 0) is 18.1 Å². The summed E-state index contributed by atoms with van der Waals surface area (Å²) in [5, 5.41) is 0. The monoisotopic (exact) mass is 196 g/mol. The second kappa shape index (κ2) is 4.74. The molecule has 0 aromatic heterocycles. The van der Waals surface area contributed by atoms with Gasteiger partial charge in [-0.1, -0.05) is 19.4 Å². The van der Waals surface area contributed by atoms with E-state index in [1.54, 1.807) is 12.1 Å². The van der Waals surface area contributed by atoms with E-state index in [4.69, 9.17) is 4.74 Å². The van der Waals surface area contributed by atoms with Crippen molar-refractivity contribution in [3.8, 4) is 5.75 Å². The number of aryl methyl sites for hydroxylation is 1. The van der Waals surface area contributed by atoms with Gasteiger partial charge >= 0.3 is 0 Å². The van der Waals surface area contributed by atoms with Crippen molar-refractivity contribution >= 4 is 6.29 Å². The van der Waals surface area contributed by atoms with Crippen LogP contribution in [0.3, 0.4) is 0 Å². The third-order valence-electron chi connectivity index (χ3n) is 2.06. The van der Waals surface area contributed by atoms with Gasteiger partial charge in [0.2, 0.25) is 0 Å². The first kappa shape index (κ1) is 10.7. The minimum atomic E-state index is -0.418. The summed E-state index contributed by atoms with van der Waals surface area (Å²) in [5.74, 6) is -0.370. The first-order valence-electron chi connectivity index (χ1n) is 4.55. The molecule has 0 amide bonds. The van der Waals surface area contributed by atoms with Crippen LogP contribution >= 0.6 is 0 Å². The molecule has 1 aromatic rings. The SMILES string of the molecule is CCCc1ccc(C=O)c(OC)c1F. The summed E-state index contributed by atoms with van der Waals surface area (Å²) in [5.41, 5.74) is 0.847. The van der Waals surface area contributed by atoms with Crippen molar-refractivity contribution in [1.29, 1.82) is 0 Å². The molecule has 0 radical (unpaired) electrons. The van der Waals surface area contributed by atoms with Crippen LogP contribution in [0.2, 0.25) is 0 Å². The van der Waals surface area contributed by atoms with Gasteiger partial charge in [-0.3, -0.25) is 4.79 Å². The number of benzene rings is 1. The van der Waals surface area contributed by atoms with E-state index in [0.29, 0.717) is 18.3 Å². The molecule has 0 bridgehead atoms. The van der Waals surface area contributed by atoms with E-state index >= 15 is 0 Å².